The Morgan fingerprint density at radius 1 is 0.328 bits per heavy atom. The van der Waals surface area contributed by atoms with Gasteiger partial charge in [0.1, 0.15) is 11.2 Å². The van der Waals surface area contributed by atoms with Gasteiger partial charge in [-0.05, 0) is 118 Å². The zero-order valence-corrected chi connectivity index (χ0v) is 32.1. The molecule has 11 aromatic carbocycles. The van der Waals surface area contributed by atoms with E-state index in [4.69, 9.17) is 4.42 Å². The maximum atomic E-state index is 6.89. The molecule has 2 heterocycles. The predicted molar refractivity (Wildman–Crippen MR) is 250 cm³/mol. The summed E-state index contributed by atoms with van der Waals surface area (Å²) in [7, 11) is 0. The largest absolute Gasteiger partial charge is 0.455 e. The van der Waals surface area contributed by atoms with Crippen molar-refractivity contribution in [3.05, 3.63) is 194 Å². The lowest BCUT2D eigenvalue weighted by molar-refractivity contribution is 0.671. The van der Waals surface area contributed by atoms with Gasteiger partial charge in [-0.3, -0.25) is 0 Å². The van der Waals surface area contributed by atoms with Crippen molar-refractivity contribution in [2.75, 3.05) is 0 Å². The van der Waals surface area contributed by atoms with Crippen molar-refractivity contribution in [3.63, 3.8) is 0 Å². The van der Waals surface area contributed by atoms with Crippen LogP contribution in [0.25, 0.3) is 129 Å². The lowest BCUT2D eigenvalue weighted by atomic mass is 9.84. The first kappa shape index (κ1) is 31.9. The molecule has 2 heteroatoms. The molecule has 58 heavy (non-hydrogen) atoms. The topological polar surface area (TPSA) is 13.1 Å². The summed E-state index contributed by atoms with van der Waals surface area (Å²) in [6.45, 7) is 0. The highest BCUT2D eigenvalue weighted by atomic mass is 32.1. The standard InChI is InChI=1S/C56H32OS/c1-3-15-39-33(12-1)14-11-22-42(39)53-45-20-7-5-18-43(45)51(44-19-6-8-21-46(44)53)37-26-24-35-31-38(27-25-34(35)30-37)52-40-16-4-2-13-36(40)32-48-54-49(57-55(48)52)29-28-47-41-17-9-10-23-50(41)58-56(47)54/h1-32H. The second-order valence-electron chi connectivity index (χ2n) is 15.5. The Balaban J connectivity index is 1.02. The Morgan fingerprint density at radius 2 is 0.897 bits per heavy atom. The molecule has 2 aromatic heterocycles. The van der Waals surface area contributed by atoms with Gasteiger partial charge < -0.3 is 4.42 Å². The van der Waals surface area contributed by atoms with E-state index in [-0.39, 0.29) is 0 Å². The number of thiophene rings is 1. The van der Waals surface area contributed by atoms with Crippen molar-refractivity contribution >= 4 is 107 Å². The van der Waals surface area contributed by atoms with E-state index < -0.39 is 0 Å². The molecule has 0 aliphatic rings. The van der Waals surface area contributed by atoms with Crippen LogP contribution in [0.4, 0.5) is 0 Å². The van der Waals surface area contributed by atoms with Crippen LogP contribution in [-0.4, -0.2) is 0 Å². The highest BCUT2D eigenvalue weighted by Gasteiger charge is 2.21. The Labute approximate surface area is 337 Å². The van der Waals surface area contributed by atoms with E-state index in [0.717, 1.165) is 22.3 Å². The molecular formula is C56H32OS. The Kier molecular flexibility index (Phi) is 6.66. The smallest absolute Gasteiger partial charge is 0.143 e. The quantitative estimate of drug-likeness (QED) is 0.164. The first-order chi connectivity index (χ1) is 28.8. The number of hydrogen-bond acceptors (Lipinski definition) is 2. The van der Waals surface area contributed by atoms with Crippen LogP contribution in [0.1, 0.15) is 0 Å². The number of benzene rings is 11. The fourth-order valence-electron chi connectivity index (χ4n) is 9.86. The number of hydrogen-bond donors (Lipinski definition) is 0. The van der Waals surface area contributed by atoms with Crippen molar-refractivity contribution in [2.24, 2.45) is 0 Å². The van der Waals surface area contributed by atoms with Crippen LogP contribution >= 0.6 is 11.3 Å². The number of rotatable bonds is 3. The molecule has 0 spiro atoms. The van der Waals surface area contributed by atoms with Crippen LogP contribution in [0.5, 0.6) is 0 Å². The molecule has 1 nitrogen and oxygen atoms in total. The van der Waals surface area contributed by atoms with Crippen LogP contribution in [0.2, 0.25) is 0 Å². The molecule has 0 fully saturated rings. The third kappa shape index (κ3) is 4.52. The predicted octanol–water partition coefficient (Wildman–Crippen LogP) is 16.7. The van der Waals surface area contributed by atoms with Crippen LogP contribution in [-0.2, 0) is 0 Å². The third-order valence-corrected chi connectivity index (χ3v) is 13.6. The molecule has 0 unspecified atom stereocenters. The maximum absolute atomic E-state index is 6.89. The zero-order chi connectivity index (χ0) is 37.9. The molecule has 0 aliphatic carbocycles. The number of furan rings is 1. The van der Waals surface area contributed by atoms with Gasteiger partial charge in [0.15, 0.2) is 0 Å². The number of fused-ring (bicyclic) bond motifs is 12. The molecule has 13 rings (SSSR count). The fourth-order valence-corrected chi connectivity index (χ4v) is 11.1. The molecule has 0 N–H and O–H groups in total. The molecular weight excluding hydrogens is 721 g/mol. The summed E-state index contributed by atoms with van der Waals surface area (Å²) in [5, 5.41) is 17.4. The minimum atomic E-state index is 0.932. The van der Waals surface area contributed by atoms with E-state index in [2.05, 4.69) is 194 Å². The van der Waals surface area contributed by atoms with Gasteiger partial charge in [-0.15, -0.1) is 11.3 Å². The van der Waals surface area contributed by atoms with Crippen LogP contribution in [0.3, 0.4) is 0 Å². The first-order valence-corrected chi connectivity index (χ1v) is 20.7. The third-order valence-electron chi connectivity index (χ3n) is 12.4. The van der Waals surface area contributed by atoms with Gasteiger partial charge >= 0.3 is 0 Å². The monoisotopic (exact) mass is 752 g/mol. The van der Waals surface area contributed by atoms with E-state index in [0.29, 0.717) is 0 Å². The molecule has 0 radical (unpaired) electrons. The van der Waals surface area contributed by atoms with E-state index in [1.54, 1.807) is 0 Å². The first-order valence-electron chi connectivity index (χ1n) is 19.9. The summed E-state index contributed by atoms with van der Waals surface area (Å²) < 4.78 is 9.48. The lowest BCUT2D eigenvalue weighted by Crippen LogP contribution is -1.91. The summed E-state index contributed by atoms with van der Waals surface area (Å²) in [4.78, 5) is 0. The molecule has 0 amide bonds. The summed E-state index contributed by atoms with van der Waals surface area (Å²) >= 11 is 1.86. The maximum Gasteiger partial charge on any atom is 0.143 e. The highest BCUT2D eigenvalue weighted by Crippen LogP contribution is 2.48. The zero-order valence-electron chi connectivity index (χ0n) is 31.3. The van der Waals surface area contributed by atoms with Crippen LogP contribution < -0.4 is 0 Å². The van der Waals surface area contributed by atoms with Crippen LogP contribution in [0.15, 0.2) is 199 Å². The van der Waals surface area contributed by atoms with Gasteiger partial charge in [-0.2, -0.15) is 0 Å². The van der Waals surface area contributed by atoms with Crippen molar-refractivity contribution in [1.82, 2.24) is 0 Å². The van der Waals surface area contributed by atoms with Gasteiger partial charge in [0.2, 0.25) is 0 Å². The SMILES string of the molecule is c1ccc2c(-c3c4ccccc4c(-c4ccc5cc(-c6c7ccccc7cc7c6oc6ccc8c9ccccc9sc8c67)ccc5c4)c4ccccc34)cccc2c1. The van der Waals surface area contributed by atoms with E-state index >= 15 is 0 Å². The second kappa shape index (κ2) is 12.1. The summed E-state index contributed by atoms with van der Waals surface area (Å²) in [6.07, 6.45) is 0. The average molecular weight is 753 g/mol. The summed E-state index contributed by atoms with van der Waals surface area (Å²) in [6, 6.07) is 71.4. The molecule has 0 bridgehead atoms. The fraction of sp³-hybridized carbons (Fsp3) is 0. The van der Waals surface area contributed by atoms with Crippen molar-refractivity contribution in [3.8, 4) is 33.4 Å². The van der Waals surface area contributed by atoms with E-state index in [1.165, 1.54) is 107 Å². The van der Waals surface area contributed by atoms with Gasteiger partial charge in [-0.1, -0.05) is 158 Å². The van der Waals surface area contributed by atoms with Crippen molar-refractivity contribution in [1.29, 1.82) is 0 Å². The summed E-state index contributed by atoms with van der Waals surface area (Å²) in [5.41, 5.74) is 9.22. The van der Waals surface area contributed by atoms with Gasteiger partial charge in [0.05, 0.1) is 0 Å². The van der Waals surface area contributed by atoms with Crippen molar-refractivity contribution < 1.29 is 4.42 Å². The van der Waals surface area contributed by atoms with Crippen molar-refractivity contribution in [2.45, 2.75) is 0 Å². The lowest BCUT2D eigenvalue weighted by Gasteiger charge is -2.19. The minimum absolute atomic E-state index is 0.932. The average Bonchev–Trinajstić information content (AvgIpc) is 3.85. The Morgan fingerprint density at radius 3 is 1.62 bits per heavy atom. The molecule has 0 atom stereocenters. The molecule has 0 saturated carbocycles. The minimum Gasteiger partial charge on any atom is -0.455 e. The molecule has 13 aromatic rings. The normalized spacial score (nSPS) is 12.1. The van der Waals surface area contributed by atoms with Gasteiger partial charge in [0.25, 0.3) is 0 Å². The molecule has 0 saturated heterocycles. The second-order valence-corrected chi connectivity index (χ2v) is 16.6. The molecule has 0 aliphatic heterocycles. The summed E-state index contributed by atoms with van der Waals surface area (Å²) in [5.74, 6) is 0. The van der Waals surface area contributed by atoms with Gasteiger partial charge in [0, 0.05) is 36.5 Å². The van der Waals surface area contributed by atoms with E-state index in [9.17, 15) is 0 Å². The Bertz CT molecular complexity index is 3800. The van der Waals surface area contributed by atoms with Crippen LogP contribution in [0, 0.1) is 0 Å². The van der Waals surface area contributed by atoms with Gasteiger partial charge in [-0.25, -0.2) is 0 Å². The highest BCUT2D eigenvalue weighted by molar-refractivity contribution is 7.26. The van der Waals surface area contributed by atoms with E-state index in [1.807, 2.05) is 11.3 Å². The Hall–Kier alpha value is -7.26. The molecule has 268 valence electrons.